The highest BCUT2D eigenvalue weighted by atomic mass is 32.2. The first-order valence-corrected chi connectivity index (χ1v) is 12.2. The molecule has 7 nitrogen and oxygen atoms in total. The molecule has 0 radical (unpaired) electrons. The number of rotatable bonds is 6. The Morgan fingerprint density at radius 3 is 2.29 bits per heavy atom. The van der Waals surface area contributed by atoms with Crippen molar-refractivity contribution in [2.45, 2.75) is 11.8 Å². The van der Waals surface area contributed by atoms with Gasteiger partial charge in [0.2, 0.25) is 5.89 Å². The molecule has 1 aromatic heterocycles. The highest BCUT2D eigenvalue weighted by Gasteiger charge is 2.18. The van der Waals surface area contributed by atoms with Crippen LogP contribution in [0.15, 0.2) is 100 Å². The van der Waals surface area contributed by atoms with Crippen LogP contribution in [0.3, 0.4) is 0 Å². The summed E-state index contributed by atoms with van der Waals surface area (Å²) in [6.45, 7) is 1.61. The van der Waals surface area contributed by atoms with Gasteiger partial charge in [0.1, 0.15) is 5.52 Å². The molecule has 0 aliphatic rings. The molecule has 174 valence electrons. The lowest BCUT2D eigenvalue weighted by molar-refractivity contribution is 0.0696. The SMILES string of the molecule is Cc1ccc(S(=O)(=O)Nc2ccc(-c3nc4cc(-c5ccccc5)ccc4o3)cc2)cc1C(=O)O. The number of hydrogen-bond acceptors (Lipinski definition) is 5. The number of sulfonamides is 1. The lowest BCUT2D eigenvalue weighted by atomic mass is 10.1. The van der Waals surface area contributed by atoms with Crippen molar-refractivity contribution in [2.24, 2.45) is 0 Å². The van der Waals surface area contributed by atoms with Gasteiger partial charge in [-0.15, -0.1) is 0 Å². The molecule has 0 unspecified atom stereocenters. The van der Waals surface area contributed by atoms with Crippen LogP contribution in [0.4, 0.5) is 5.69 Å². The Hall–Kier alpha value is -4.43. The summed E-state index contributed by atoms with van der Waals surface area (Å²) in [7, 11) is -3.97. The molecule has 0 saturated carbocycles. The number of nitrogens with zero attached hydrogens (tertiary/aromatic N) is 1. The number of carboxylic acids is 1. The van der Waals surface area contributed by atoms with Gasteiger partial charge in [-0.3, -0.25) is 4.72 Å². The molecule has 35 heavy (non-hydrogen) atoms. The van der Waals surface area contributed by atoms with E-state index < -0.39 is 16.0 Å². The first kappa shape index (κ1) is 22.4. The maximum absolute atomic E-state index is 12.8. The van der Waals surface area contributed by atoms with Crippen molar-refractivity contribution in [1.29, 1.82) is 0 Å². The molecule has 0 aliphatic heterocycles. The van der Waals surface area contributed by atoms with Crippen LogP contribution in [0.1, 0.15) is 15.9 Å². The maximum Gasteiger partial charge on any atom is 0.335 e. The molecular weight excluding hydrogens is 464 g/mol. The fraction of sp³-hybridized carbons (Fsp3) is 0.0370. The average molecular weight is 485 g/mol. The Morgan fingerprint density at radius 1 is 0.857 bits per heavy atom. The molecule has 0 amide bonds. The summed E-state index contributed by atoms with van der Waals surface area (Å²) in [4.78, 5) is 15.8. The topological polar surface area (TPSA) is 110 Å². The minimum Gasteiger partial charge on any atom is -0.478 e. The molecule has 0 saturated heterocycles. The van der Waals surface area contributed by atoms with Crippen molar-refractivity contribution in [2.75, 3.05) is 4.72 Å². The van der Waals surface area contributed by atoms with E-state index in [0.29, 0.717) is 28.3 Å². The Labute approximate surface area is 201 Å². The molecule has 5 rings (SSSR count). The van der Waals surface area contributed by atoms with E-state index >= 15 is 0 Å². The second-order valence-corrected chi connectivity index (χ2v) is 9.71. The molecule has 2 N–H and O–H groups in total. The maximum atomic E-state index is 12.8. The third kappa shape index (κ3) is 4.51. The van der Waals surface area contributed by atoms with Crippen molar-refractivity contribution in [3.8, 4) is 22.6 Å². The highest BCUT2D eigenvalue weighted by molar-refractivity contribution is 7.92. The van der Waals surface area contributed by atoms with Crippen LogP contribution in [-0.2, 0) is 10.0 Å². The Morgan fingerprint density at radius 2 is 1.57 bits per heavy atom. The fourth-order valence-corrected chi connectivity index (χ4v) is 4.84. The van der Waals surface area contributed by atoms with Crippen molar-refractivity contribution in [3.63, 3.8) is 0 Å². The largest absolute Gasteiger partial charge is 0.478 e. The number of carbonyl (C=O) groups is 1. The molecule has 4 aromatic carbocycles. The average Bonchev–Trinajstić information content (AvgIpc) is 3.28. The van der Waals surface area contributed by atoms with E-state index in [9.17, 15) is 18.3 Å². The standard InChI is InChI=1S/C27H20N2O5S/c1-17-7-13-22(16-23(17)27(30)31)35(32,33)29-21-11-8-19(9-12-21)26-28-24-15-20(10-14-25(24)34-26)18-5-3-2-4-6-18/h2-16,29H,1H3,(H,30,31). The quantitative estimate of drug-likeness (QED) is 0.307. The van der Waals surface area contributed by atoms with Crippen LogP contribution in [-0.4, -0.2) is 24.5 Å². The van der Waals surface area contributed by atoms with E-state index in [0.717, 1.165) is 22.7 Å². The van der Waals surface area contributed by atoms with E-state index in [4.69, 9.17) is 4.42 Å². The number of anilines is 1. The van der Waals surface area contributed by atoms with Crippen LogP contribution in [0, 0.1) is 6.92 Å². The third-order valence-corrected chi connectivity index (χ3v) is 7.01. The lowest BCUT2D eigenvalue weighted by Crippen LogP contribution is -2.14. The van der Waals surface area contributed by atoms with E-state index in [-0.39, 0.29) is 10.5 Å². The number of aromatic nitrogens is 1. The van der Waals surface area contributed by atoms with Gasteiger partial charge in [-0.05, 0) is 72.1 Å². The van der Waals surface area contributed by atoms with E-state index in [1.807, 2.05) is 48.5 Å². The predicted octanol–water partition coefficient (Wildman–Crippen LogP) is 5.97. The van der Waals surface area contributed by atoms with Gasteiger partial charge in [-0.1, -0.05) is 42.5 Å². The lowest BCUT2D eigenvalue weighted by Gasteiger charge is -2.10. The van der Waals surface area contributed by atoms with Crippen LogP contribution in [0.25, 0.3) is 33.7 Å². The summed E-state index contributed by atoms with van der Waals surface area (Å²) >= 11 is 0. The van der Waals surface area contributed by atoms with Gasteiger partial charge in [0.25, 0.3) is 10.0 Å². The number of hydrogen-bond donors (Lipinski definition) is 2. The molecule has 0 aliphatic carbocycles. The van der Waals surface area contributed by atoms with Gasteiger partial charge in [-0.2, -0.15) is 0 Å². The Bertz CT molecular complexity index is 1660. The van der Waals surface area contributed by atoms with E-state index in [1.54, 1.807) is 31.2 Å². The normalized spacial score (nSPS) is 11.5. The monoisotopic (exact) mass is 484 g/mol. The van der Waals surface area contributed by atoms with Crippen LogP contribution < -0.4 is 4.72 Å². The number of carboxylic acid groups (broad SMARTS) is 1. The number of benzene rings is 4. The number of fused-ring (bicyclic) bond motifs is 1. The van der Waals surface area contributed by atoms with E-state index in [1.165, 1.54) is 12.1 Å². The van der Waals surface area contributed by atoms with Crippen molar-refractivity contribution in [1.82, 2.24) is 4.98 Å². The number of nitrogens with one attached hydrogen (secondary N) is 1. The van der Waals surface area contributed by atoms with Crippen LogP contribution >= 0.6 is 0 Å². The molecule has 0 atom stereocenters. The number of aromatic carboxylic acids is 1. The Balaban J connectivity index is 1.39. The minimum atomic E-state index is -3.97. The van der Waals surface area contributed by atoms with Gasteiger partial charge < -0.3 is 9.52 Å². The molecule has 5 aromatic rings. The molecule has 0 fully saturated rings. The summed E-state index contributed by atoms with van der Waals surface area (Å²) < 4.78 is 33.9. The molecular formula is C27H20N2O5S. The third-order valence-electron chi connectivity index (χ3n) is 5.63. The zero-order chi connectivity index (χ0) is 24.6. The van der Waals surface area contributed by atoms with Crippen LogP contribution in [0.2, 0.25) is 0 Å². The zero-order valence-electron chi connectivity index (χ0n) is 18.6. The van der Waals surface area contributed by atoms with Crippen LogP contribution in [0.5, 0.6) is 0 Å². The first-order valence-electron chi connectivity index (χ1n) is 10.7. The predicted molar refractivity (Wildman–Crippen MR) is 134 cm³/mol. The summed E-state index contributed by atoms with van der Waals surface area (Å²) in [5.41, 5.74) is 4.93. The van der Waals surface area contributed by atoms with Crippen molar-refractivity contribution in [3.05, 3.63) is 102 Å². The summed E-state index contributed by atoms with van der Waals surface area (Å²) in [5.74, 6) is -0.762. The highest BCUT2D eigenvalue weighted by Crippen LogP contribution is 2.29. The van der Waals surface area contributed by atoms with E-state index in [2.05, 4.69) is 9.71 Å². The molecule has 8 heteroatoms. The van der Waals surface area contributed by atoms with Gasteiger partial charge in [0.05, 0.1) is 10.5 Å². The smallest absolute Gasteiger partial charge is 0.335 e. The zero-order valence-corrected chi connectivity index (χ0v) is 19.4. The molecule has 1 heterocycles. The molecule has 0 spiro atoms. The second kappa shape index (κ2) is 8.73. The Kier molecular flexibility index (Phi) is 5.58. The van der Waals surface area contributed by atoms with Gasteiger partial charge in [0.15, 0.2) is 5.58 Å². The van der Waals surface area contributed by atoms with Crippen molar-refractivity contribution < 1.29 is 22.7 Å². The summed E-state index contributed by atoms with van der Waals surface area (Å²) in [6, 6.07) is 26.4. The number of oxazole rings is 1. The summed E-state index contributed by atoms with van der Waals surface area (Å²) in [5, 5.41) is 9.28. The van der Waals surface area contributed by atoms with Gasteiger partial charge in [-0.25, -0.2) is 18.2 Å². The fourth-order valence-electron chi connectivity index (χ4n) is 3.75. The van der Waals surface area contributed by atoms with Gasteiger partial charge in [0, 0.05) is 11.3 Å². The first-order chi connectivity index (χ1) is 16.8. The van der Waals surface area contributed by atoms with Gasteiger partial charge >= 0.3 is 5.97 Å². The minimum absolute atomic E-state index is 0.0606. The second-order valence-electron chi connectivity index (χ2n) is 8.03. The summed E-state index contributed by atoms with van der Waals surface area (Å²) in [6.07, 6.45) is 0. The van der Waals surface area contributed by atoms with Crippen molar-refractivity contribution >= 4 is 32.8 Å². The number of aryl methyl sites for hydroxylation is 1. The molecule has 0 bridgehead atoms.